The molecule has 0 bridgehead atoms. The molecule has 0 aliphatic carbocycles. The molecular weight excluding hydrogens is 161 g/mol. The second-order valence-electron chi connectivity index (χ2n) is 3.19. The maximum absolute atomic E-state index is 12.6. The van der Waals surface area contributed by atoms with Crippen molar-refractivity contribution < 1.29 is 23.0 Å². The van der Waals surface area contributed by atoms with E-state index in [-0.39, 0.29) is 0 Å². The summed E-state index contributed by atoms with van der Waals surface area (Å²) in [5.74, 6) is -5.94. The number of alkyl halides is 2. The van der Waals surface area contributed by atoms with E-state index in [1.807, 2.05) is 0 Å². The van der Waals surface area contributed by atoms with Gasteiger partial charge in [-0.05, 0) is 0 Å². The fraction of sp³-hybridized carbons (Fsp3) is 0.833. The van der Waals surface area contributed by atoms with Crippen molar-refractivity contribution >= 4 is 5.97 Å². The largest absolute Gasteiger partial charge is 0.418 e. The lowest BCUT2D eigenvalue weighted by molar-refractivity contribution is -0.225. The van der Waals surface area contributed by atoms with Gasteiger partial charge < -0.3 is 0 Å². The molecule has 0 aromatic heterocycles. The van der Waals surface area contributed by atoms with Gasteiger partial charge in [-0.1, -0.05) is 20.8 Å². The first kappa shape index (κ1) is 10.3. The Kier molecular flexibility index (Phi) is 2.53. The maximum atomic E-state index is 12.6. The van der Waals surface area contributed by atoms with Gasteiger partial charge in [0.25, 0.3) is 0 Å². The second-order valence-corrected chi connectivity index (χ2v) is 3.19. The highest BCUT2D eigenvalue weighted by molar-refractivity contribution is 5.77. The third-order valence-electron chi connectivity index (χ3n) is 1.27. The molecule has 0 saturated heterocycles. The molecule has 2 nitrogen and oxygen atoms in total. The van der Waals surface area contributed by atoms with Crippen LogP contribution in [0.15, 0.2) is 0 Å². The highest BCUT2D eigenvalue weighted by atomic mass is 19.3. The van der Waals surface area contributed by atoms with Gasteiger partial charge in [0, 0.05) is 9.94 Å². The molecule has 0 spiro atoms. The minimum atomic E-state index is -3.79. The summed E-state index contributed by atoms with van der Waals surface area (Å²) in [7, 11) is 0. The third kappa shape index (κ3) is 1.85. The minimum Gasteiger partial charge on any atom is -0.248 e. The summed E-state index contributed by atoms with van der Waals surface area (Å²) in [5.41, 5.74) is -1.63. The Hall–Kier alpha value is -0.740. The van der Waals surface area contributed by atoms with Crippen LogP contribution in [0, 0.1) is 5.41 Å². The normalized spacial score (nSPS) is 12.9. The summed E-state index contributed by atoms with van der Waals surface area (Å²) < 4.78 is 36.3. The van der Waals surface area contributed by atoms with Crippen molar-refractivity contribution in [2.24, 2.45) is 5.41 Å². The number of rotatable bonds is 1. The number of hydrogen-bond acceptors (Lipinski definition) is 2. The molecule has 0 heterocycles. The molecule has 0 radical (unpaired) electrons. The molecule has 11 heavy (non-hydrogen) atoms. The van der Waals surface area contributed by atoms with Crippen LogP contribution in [0.3, 0.4) is 0 Å². The van der Waals surface area contributed by atoms with Gasteiger partial charge in [-0.3, -0.25) is 0 Å². The summed E-state index contributed by atoms with van der Waals surface area (Å²) in [4.78, 5) is 12.6. The van der Waals surface area contributed by atoms with Crippen LogP contribution < -0.4 is 0 Å². The average Bonchev–Trinajstić information content (AvgIpc) is 1.83. The van der Waals surface area contributed by atoms with E-state index in [4.69, 9.17) is 0 Å². The molecule has 0 aliphatic rings. The third-order valence-corrected chi connectivity index (χ3v) is 1.27. The van der Waals surface area contributed by atoms with Gasteiger partial charge in [-0.25, -0.2) is 9.74 Å². The molecule has 0 fully saturated rings. The van der Waals surface area contributed by atoms with Crippen LogP contribution in [0.5, 0.6) is 0 Å². The first-order valence-corrected chi connectivity index (χ1v) is 2.94. The molecule has 0 N–H and O–H groups in total. The van der Waals surface area contributed by atoms with Gasteiger partial charge in [0.2, 0.25) is 0 Å². The molecule has 0 aliphatic heterocycles. The highest BCUT2D eigenvalue weighted by Gasteiger charge is 2.52. The lowest BCUT2D eigenvalue weighted by Gasteiger charge is -2.25. The van der Waals surface area contributed by atoms with Crippen LogP contribution in [0.4, 0.5) is 13.3 Å². The van der Waals surface area contributed by atoms with Crippen molar-refractivity contribution in [2.45, 2.75) is 26.7 Å². The molecule has 0 unspecified atom stereocenters. The van der Waals surface area contributed by atoms with Crippen molar-refractivity contribution in [3.8, 4) is 0 Å². The predicted octanol–water partition coefficient (Wildman–Crippen LogP) is 2.10. The number of hydrogen-bond donors (Lipinski definition) is 0. The molecule has 0 atom stereocenters. The molecule has 0 aromatic rings. The first-order valence-electron chi connectivity index (χ1n) is 2.94. The number of halogens is 3. The summed E-state index contributed by atoms with van der Waals surface area (Å²) in [5, 5.41) is 0. The van der Waals surface area contributed by atoms with Crippen LogP contribution in [-0.2, 0) is 9.74 Å². The minimum absolute atomic E-state index is 1.11. The summed E-state index contributed by atoms with van der Waals surface area (Å²) >= 11 is 0. The number of carbonyl (C=O) groups excluding carboxylic acids is 1. The Bertz CT molecular complexity index is 160. The Labute approximate surface area is 62.2 Å². The van der Waals surface area contributed by atoms with Crippen LogP contribution >= 0.6 is 0 Å². The van der Waals surface area contributed by atoms with Crippen molar-refractivity contribution in [2.75, 3.05) is 0 Å². The van der Waals surface area contributed by atoms with Gasteiger partial charge in [0.1, 0.15) is 0 Å². The fourth-order valence-corrected chi connectivity index (χ4v) is 0.355. The maximum Gasteiger partial charge on any atom is 0.418 e. The Morgan fingerprint density at radius 3 is 1.73 bits per heavy atom. The molecule has 0 amide bonds. The molecule has 0 saturated carbocycles. The number of carbonyl (C=O) groups is 1. The Balaban J connectivity index is 4.59. The van der Waals surface area contributed by atoms with E-state index in [1.54, 1.807) is 0 Å². The van der Waals surface area contributed by atoms with E-state index in [2.05, 4.69) is 4.94 Å². The predicted molar refractivity (Wildman–Crippen MR) is 31.6 cm³/mol. The summed E-state index contributed by atoms with van der Waals surface area (Å²) in [6.07, 6.45) is 0. The Morgan fingerprint density at radius 2 is 1.64 bits per heavy atom. The van der Waals surface area contributed by atoms with Crippen molar-refractivity contribution in [3.05, 3.63) is 0 Å². The molecule has 0 aromatic carbocycles. The van der Waals surface area contributed by atoms with Gasteiger partial charge in [0.15, 0.2) is 0 Å². The summed E-state index contributed by atoms with van der Waals surface area (Å²) in [6, 6.07) is 0. The van der Waals surface area contributed by atoms with E-state index in [0.29, 0.717) is 0 Å². The van der Waals surface area contributed by atoms with E-state index in [1.165, 1.54) is 0 Å². The Morgan fingerprint density at radius 1 is 1.27 bits per heavy atom. The zero-order valence-electron chi connectivity index (χ0n) is 6.45. The van der Waals surface area contributed by atoms with Crippen LogP contribution in [0.25, 0.3) is 0 Å². The fourth-order valence-electron chi connectivity index (χ4n) is 0.355. The molecular formula is C6H9F3O2. The van der Waals surface area contributed by atoms with Gasteiger partial charge >= 0.3 is 11.9 Å². The van der Waals surface area contributed by atoms with Crippen molar-refractivity contribution in [1.29, 1.82) is 0 Å². The quantitative estimate of drug-likeness (QED) is 0.602. The molecule has 5 heteroatoms. The second kappa shape index (κ2) is 2.71. The van der Waals surface area contributed by atoms with E-state index in [0.717, 1.165) is 20.8 Å². The summed E-state index contributed by atoms with van der Waals surface area (Å²) in [6.45, 7) is 3.34. The molecule has 0 rings (SSSR count). The van der Waals surface area contributed by atoms with Gasteiger partial charge in [0.05, 0.1) is 0 Å². The smallest absolute Gasteiger partial charge is 0.248 e. The first-order chi connectivity index (χ1) is 4.73. The molecule has 66 valence electrons. The average molecular weight is 170 g/mol. The van der Waals surface area contributed by atoms with Crippen LogP contribution in [0.1, 0.15) is 20.8 Å². The SMILES string of the molecule is CC(C)(C)C(F)(F)C(=O)OF. The lowest BCUT2D eigenvalue weighted by atomic mass is 9.88. The van der Waals surface area contributed by atoms with Crippen LogP contribution in [0.2, 0.25) is 0 Å². The standard InChI is InChI=1S/C6H9F3O2/c1-5(2,3)6(7,8)4(10)11-9/h1-3H3. The zero-order valence-corrected chi connectivity index (χ0v) is 6.45. The van der Waals surface area contributed by atoms with E-state index >= 15 is 0 Å². The lowest BCUT2D eigenvalue weighted by Crippen LogP contribution is -2.42. The van der Waals surface area contributed by atoms with Crippen molar-refractivity contribution in [3.63, 3.8) is 0 Å². The highest BCUT2D eigenvalue weighted by Crippen LogP contribution is 2.36. The van der Waals surface area contributed by atoms with Crippen molar-refractivity contribution in [1.82, 2.24) is 0 Å². The van der Waals surface area contributed by atoms with E-state index in [9.17, 15) is 18.1 Å². The topological polar surface area (TPSA) is 26.3 Å². The zero-order chi connectivity index (χ0) is 9.28. The van der Waals surface area contributed by atoms with E-state index < -0.39 is 17.3 Å². The van der Waals surface area contributed by atoms with Gasteiger partial charge in [-0.15, -0.1) is 0 Å². The monoisotopic (exact) mass is 170 g/mol. The van der Waals surface area contributed by atoms with Crippen LogP contribution in [-0.4, -0.2) is 11.9 Å². The van der Waals surface area contributed by atoms with Gasteiger partial charge in [-0.2, -0.15) is 8.78 Å².